The molecule has 0 saturated carbocycles. The average molecular weight is 248 g/mol. The number of non-ortho nitro benzene ring substituents is 1. The summed E-state index contributed by atoms with van der Waals surface area (Å²) in [6.45, 7) is 0.188. The minimum atomic E-state index is -0.427. The second-order valence-corrected chi connectivity index (χ2v) is 3.88. The summed E-state index contributed by atoms with van der Waals surface area (Å²) in [4.78, 5) is 21.9. The van der Waals surface area contributed by atoms with Crippen LogP contribution in [0.3, 0.4) is 0 Å². The summed E-state index contributed by atoms with van der Waals surface area (Å²) in [6.07, 6.45) is 1.67. The summed E-state index contributed by atoms with van der Waals surface area (Å²) in [5, 5.41) is 11.4. The van der Waals surface area contributed by atoms with E-state index in [2.05, 4.69) is 0 Å². The molecule has 6 nitrogen and oxygen atoms in total. The van der Waals surface area contributed by atoms with Crippen molar-refractivity contribution in [1.82, 2.24) is 4.57 Å². The van der Waals surface area contributed by atoms with E-state index in [1.165, 1.54) is 13.2 Å². The number of Topliss-reactive ketones (excluding diaryl/α,β-unsaturated/α-hetero) is 1. The molecule has 0 radical (unpaired) electrons. The molecule has 0 saturated heterocycles. The predicted molar refractivity (Wildman–Crippen MR) is 65.5 cm³/mol. The van der Waals surface area contributed by atoms with Crippen LogP contribution in [0.4, 0.5) is 5.69 Å². The van der Waals surface area contributed by atoms with Gasteiger partial charge in [-0.3, -0.25) is 14.9 Å². The Kier molecular flexibility index (Phi) is 3.38. The monoisotopic (exact) mass is 248 g/mol. The number of nitrogens with zero attached hydrogens (tertiary/aromatic N) is 2. The number of fused-ring (bicyclic) bond motifs is 1. The maximum absolute atomic E-state index is 11.5. The van der Waals surface area contributed by atoms with Crippen molar-refractivity contribution in [2.24, 2.45) is 0 Å². The molecule has 1 heterocycles. The SMILES string of the molecule is COCC(=O)Cn1ccc2c([N+](=O)[O-])cccc21. The molecule has 0 spiro atoms. The van der Waals surface area contributed by atoms with Crippen LogP contribution in [0.25, 0.3) is 10.9 Å². The Labute approximate surface area is 103 Å². The number of methoxy groups -OCH3 is 1. The van der Waals surface area contributed by atoms with Crippen LogP contribution in [-0.4, -0.2) is 29.0 Å². The number of ketones is 1. The average Bonchev–Trinajstić information content (AvgIpc) is 2.72. The molecule has 1 aromatic heterocycles. The first-order valence-corrected chi connectivity index (χ1v) is 5.36. The fraction of sp³-hybridized carbons (Fsp3) is 0.250. The summed E-state index contributed by atoms with van der Waals surface area (Å²) in [5.41, 5.74) is 0.721. The van der Waals surface area contributed by atoms with Gasteiger partial charge in [0.15, 0.2) is 5.78 Å². The maximum Gasteiger partial charge on any atom is 0.278 e. The molecule has 0 bridgehead atoms. The van der Waals surface area contributed by atoms with Crippen molar-refractivity contribution >= 4 is 22.4 Å². The largest absolute Gasteiger partial charge is 0.377 e. The standard InChI is InChI=1S/C12H12N2O4/c1-18-8-9(15)7-13-6-5-10-11(13)3-2-4-12(10)14(16)17/h2-6H,7-8H2,1H3. The normalized spacial score (nSPS) is 10.7. The second kappa shape index (κ2) is 4.97. The Hall–Kier alpha value is -2.21. The van der Waals surface area contributed by atoms with Crippen LogP contribution in [-0.2, 0) is 16.1 Å². The number of aromatic nitrogens is 1. The van der Waals surface area contributed by atoms with Gasteiger partial charge in [0.05, 0.1) is 22.4 Å². The molecular formula is C12H12N2O4. The van der Waals surface area contributed by atoms with Gasteiger partial charge in [-0.25, -0.2) is 0 Å². The van der Waals surface area contributed by atoms with Gasteiger partial charge in [-0.1, -0.05) is 6.07 Å². The molecule has 0 unspecified atom stereocenters. The highest BCUT2D eigenvalue weighted by atomic mass is 16.6. The number of nitro benzene ring substituents is 1. The van der Waals surface area contributed by atoms with Crippen LogP contribution < -0.4 is 0 Å². The Morgan fingerprint density at radius 3 is 2.89 bits per heavy atom. The first-order valence-electron chi connectivity index (χ1n) is 5.36. The summed E-state index contributed by atoms with van der Waals surface area (Å²) >= 11 is 0. The van der Waals surface area contributed by atoms with E-state index >= 15 is 0 Å². The topological polar surface area (TPSA) is 74.4 Å². The summed E-state index contributed by atoms with van der Waals surface area (Å²) in [7, 11) is 1.45. The molecule has 0 amide bonds. The van der Waals surface area contributed by atoms with E-state index < -0.39 is 4.92 Å². The summed E-state index contributed by atoms with van der Waals surface area (Å²) in [5.74, 6) is -0.0819. The lowest BCUT2D eigenvalue weighted by Crippen LogP contribution is -2.14. The minimum absolute atomic E-state index is 0.0363. The smallest absolute Gasteiger partial charge is 0.278 e. The van der Waals surface area contributed by atoms with Gasteiger partial charge in [-0.05, 0) is 12.1 Å². The fourth-order valence-electron chi connectivity index (χ4n) is 1.90. The van der Waals surface area contributed by atoms with Crippen LogP contribution in [0.5, 0.6) is 0 Å². The lowest BCUT2D eigenvalue weighted by Gasteiger charge is -2.04. The highest BCUT2D eigenvalue weighted by Gasteiger charge is 2.14. The van der Waals surface area contributed by atoms with Gasteiger partial charge in [0.25, 0.3) is 5.69 Å². The molecule has 0 atom stereocenters. The Bertz CT molecular complexity index is 603. The molecule has 18 heavy (non-hydrogen) atoms. The molecule has 2 rings (SSSR count). The third-order valence-corrected chi connectivity index (χ3v) is 2.64. The highest BCUT2D eigenvalue weighted by Crippen LogP contribution is 2.26. The number of hydrogen-bond acceptors (Lipinski definition) is 4. The summed E-state index contributed by atoms with van der Waals surface area (Å²) in [6, 6.07) is 6.46. The number of carbonyl (C=O) groups excluding carboxylic acids is 1. The lowest BCUT2D eigenvalue weighted by molar-refractivity contribution is -0.383. The van der Waals surface area contributed by atoms with E-state index in [0.717, 1.165) is 0 Å². The molecule has 1 aromatic carbocycles. The molecule has 94 valence electrons. The van der Waals surface area contributed by atoms with E-state index in [0.29, 0.717) is 10.9 Å². The zero-order valence-electron chi connectivity index (χ0n) is 9.83. The van der Waals surface area contributed by atoms with E-state index in [1.807, 2.05) is 0 Å². The molecule has 6 heteroatoms. The van der Waals surface area contributed by atoms with E-state index in [1.54, 1.807) is 29.0 Å². The van der Waals surface area contributed by atoms with Crippen LogP contribution in [0, 0.1) is 10.1 Å². The Morgan fingerprint density at radius 1 is 1.44 bits per heavy atom. The van der Waals surface area contributed by atoms with Gasteiger partial charge >= 0.3 is 0 Å². The molecule has 0 aliphatic heterocycles. The van der Waals surface area contributed by atoms with E-state index in [4.69, 9.17) is 4.74 Å². The third kappa shape index (κ3) is 2.23. The van der Waals surface area contributed by atoms with Crippen LogP contribution in [0.15, 0.2) is 30.5 Å². The molecule has 0 fully saturated rings. The third-order valence-electron chi connectivity index (χ3n) is 2.64. The van der Waals surface area contributed by atoms with Crippen LogP contribution in [0.2, 0.25) is 0 Å². The van der Waals surface area contributed by atoms with Crippen LogP contribution in [0.1, 0.15) is 0 Å². The molecule has 0 aliphatic carbocycles. The first-order chi connectivity index (χ1) is 8.63. The first kappa shape index (κ1) is 12.3. The van der Waals surface area contributed by atoms with E-state index in [-0.39, 0.29) is 24.6 Å². The van der Waals surface area contributed by atoms with Gasteiger partial charge in [-0.2, -0.15) is 0 Å². The lowest BCUT2D eigenvalue weighted by atomic mass is 10.2. The van der Waals surface area contributed by atoms with Gasteiger partial charge < -0.3 is 9.30 Å². The second-order valence-electron chi connectivity index (χ2n) is 3.88. The number of rotatable bonds is 5. The van der Waals surface area contributed by atoms with Crippen LogP contribution >= 0.6 is 0 Å². The fourth-order valence-corrected chi connectivity index (χ4v) is 1.90. The van der Waals surface area contributed by atoms with Crippen molar-refractivity contribution in [2.45, 2.75) is 6.54 Å². The minimum Gasteiger partial charge on any atom is -0.377 e. The number of hydrogen-bond donors (Lipinski definition) is 0. The van der Waals surface area contributed by atoms with E-state index in [9.17, 15) is 14.9 Å². The number of nitro groups is 1. The van der Waals surface area contributed by atoms with Crippen molar-refractivity contribution in [3.05, 3.63) is 40.6 Å². The zero-order chi connectivity index (χ0) is 13.1. The number of ether oxygens (including phenoxy) is 1. The number of benzene rings is 1. The van der Waals surface area contributed by atoms with Crippen molar-refractivity contribution in [3.63, 3.8) is 0 Å². The van der Waals surface area contributed by atoms with Crippen molar-refractivity contribution in [3.8, 4) is 0 Å². The van der Waals surface area contributed by atoms with Crippen molar-refractivity contribution < 1.29 is 14.5 Å². The molecular weight excluding hydrogens is 236 g/mol. The summed E-state index contributed by atoms with van der Waals surface area (Å²) < 4.78 is 6.44. The zero-order valence-corrected chi connectivity index (χ0v) is 9.83. The number of carbonyl (C=O) groups is 1. The van der Waals surface area contributed by atoms with Crippen molar-refractivity contribution in [2.75, 3.05) is 13.7 Å². The Morgan fingerprint density at radius 2 is 2.22 bits per heavy atom. The molecule has 2 aromatic rings. The van der Waals surface area contributed by atoms with Gasteiger partial charge in [0.1, 0.15) is 6.61 Å². The molecule has 0 aliphatic rings. The highest BCUT2D eigenvalue weighted by molar-refractivity contribution is 5.90. The quantitative estimate of drug-likeness (QED) is 0.597. The predicted octanol–water partition coefficient (Wildman–Crippen LogP) is 1.76. The maximum atomic E-state index is 11.5. The Balaban J connectivity index is 2.40. The van der Waals surface area contributed by atoms with Gasteiger partial charge in [0, 0.05) is 19.4 Å². The van der Waals surface area contributed by atoms with Gasteiger partial charge in [0.2, 0.25) is 0 Å². The van der Waals surface area contributed by atoms with Gasteiger partial charge in [-0.15, -0.1) is 0 Å². The molecule has 0 N–H and O–H groups in total. The van der Waals surface area contributed by atoms with Crippen molar-refractivity contribution in [1.29, 1.82) is 0 Å².